The van der Waals surface area contributed by atoms with Crippen molar-refractivity contribution in [3.05, 3.63) is 34.9 Å². The third-order valence-corrected chi connectivity index (χ3v) is 1.89. The smallest absolute Gasteiger partial charge is 0.0135 e. The highest BCUT2D eigenvalue weighted by atomic mass is 14.0. The summed E-state index contributed by atoms with van der Waals surface area (Å²) in [6.07, 6.45) is 7.78. The van der Waals surface area contributed by atoms with Gasteiger partial charge in [-0.3, -0.25) is 0 Å². The lowest BCUT2D eigenvalue weighted by Gasteiger charge is -1.94. The lowest BCUT2D eigenvalue weighted by Crippen LogP contribution is -1.74. The van der Waals surface area contributed by atoms with E-state index in [0.29, 0.717) is 0 Å². The molecule has 1 aliphatic carbocycles. The summed E-state index contributed by atoms with van der Waals surface area (Å²) in [5.74, 6) is 0. The fourth-order valence-electron chi connectivity index (χ4n) is 1.10. The molecular formula is C12H20. The highest BCUT2D eigenvalue weighted by Crippen LogP contribution is 2.15. The second kappa shape index (κ2) is 5.82. The molecule has 0 N–H and O–H groups in total. The molecule has 0 fully saturated rings. The maximum Gasteiger partial charge on any atom is -0.0135 e. The minimum atomic E-state index is 1.11. The largest absolute Gasteiger partial charge is 0.0802 e. The Kier molecular flexibility index (Phi) is 5.44. The predicted octanol–water partition coefficient (Wildman–Crippen LogP) is 4.26. The Bertz CT molecular complexity index is 214. The standard InChI is InChI=1S/C10H14.C2H6/c1-8-5-4-6-9(2)10(3)7-8;1-2/h4,6-7H,5H2,1-3H3;1-2H3. The SMILES string of the molecule is CC.CC1=CC(C)=C(C)C=CC1. The molecule has 0 aromatic carbocycles. The predicted molar refractivity (Wildman–Crippen MR) is 57.2 cm³/mol. The van der Waals surface area contributed by atoms with Gasteiger partial charge in [-0.25, -0.2) is 0 Å². The Morgan fingerprint density at radius 3 is 2.17 bits per heavy atom. The number of hydrogen-bond donors (Lipinski definition) is 0. The van der Waals surface area contributed by atoms with Crippen LogP contribution < -0.4 is 0 Å². The molecule has 1 rings (SSSR count). The summed E-state index contributed by atoms with van der Waals surface area (Å²) in [5, 5.41) is 0. The van der Waals surface area contributed by atoms with Crippen LogP contribution in [0.3, 0.4) is 0 Å². The highest BCUT2D eigenvalue weighted by Gasteiger charge is 1.95. The quantitative estimate of drug-likeness (QED) is 0.502. The van der Waals surface area contributed by atoms with E-state index >= 15 is 0 Å². The van der Waals surface area contributed by atoms with Crippen molar-refractivity contribution in [3.63, 3.8) is 0 Å². The van der Waals surface area contributed by atoms with Crippen LogP contribution in [0.5, 0.6) is 0 Å². The third-order valence-electron chi connectivity index (χ3n) is 1.89. The zero-order valence-electron chi connectivity index (χ0n) is 8.94. The molecule has 0 aromatic heterocycles. The minimum Gasteiger partial charge on any atom is -0.0802 e. The van der Waals surface area contributed by atoms with Gasteiger partial charge in [0.15, 0.2) is 0 Å². The van der Waals surface area contributed by atoms with Crippen LogP contribution in [-0.2, 0) is 0 Å². The van der Waals surface area contributed by atoms with Gasteiger partial charge in [0.2, 0.25) is 0 Å². The van der Waals surface area contributed by atoms with Crippen LogP contribution in [0, 0.1) is 0 Å². The Morgan fingerprint density at radius 1 is 1.00 bits per heavy atom. The molecule has 0 spiro atoms. The summed E-state index contributed by atoms with van der Waals surface area (Å²) >= 11 is 0. The van der Waals surface area contributed by atoms with E-state index < -0.39 is 0 Å². The van der Waals surface area contributed by atoms with Gasteiger partial charge in [0, 0.05) is 0 Å². The second-order valence-corrected chi connectivity index (χ2v) is 2.96. The van der Waals surface area contributed by atoms with Crippen LogP contribution in [0.1, 0.15) is 41.0 Å². The van der Waals surface area contributed by atoms with E-state index in [0.717, 1.165) is 6.42 Å². The van der Waals surface area contributed by atoms with E-state index in [1.54, 1.807) is 0 Å². The van der Waals surface area contributed by atoms with Gasteiger partial charge in [-0.05, 0) is 38.3 Å². The molecule has 12 heavy (non-hydrogen) atoms. The van der Waals surface area contributed by atoms with Crippen LogP contribution in [0.2, 0.25) is 0 Å². The fourth-order valence-corrected chi connectivity index (χ4v) is 1.10. The fraction of sp³-hybridized carbons (Fsp3) is 0.500. The van der Waals surface area contributed by atoms with E-state index in [2.05, 4.69) is 39.0 Å². The molecule has 0 unspecified atom stereocenters. The van der Waals surface area contributed by atoms with Gasteiger partial charge in [0.25, 0.3) is 0 Å². The average molecular weight is 164 g/mol. The minimum absolute atomic E-state index is 1.11. The van der Waals surface area contributed by atoms with Crippen molar-refractivity contribution in [2.75, 3.05) is 0 Å². The van der Waals surface area contributed by atoms with Gasteiger partial charge >= 0.3 is 0 Å². The molecule has 0 heterocycles. The van der Waals surface area contributed by atoms with Crippen molar-refractivity contribution in [2.24, 2.45) is 0 Å². The van der Waals surface area contributed by atoms with Crippen LogP contribution in [-0.4, -0.2) is 0 Å². The number of allylic oxidation sites excluding steroid dienone is 6. The maximum atomic E-state index is 2.26. The third kappa shape index (κ3) is 3.56. The average Bonchev–Trinajstić information content (AvgIpc) is 2.19. The van der Waals surface area contributed by atoms with Gasteiger partial charge in [0.05, 0.1) is 0 Å². The second-order valence-electron chi connectivity index (χ2n) is 2.96. The van der Waals surface area contributed by atoms with Gasteiger partial charge in [0.1, 0.15) is 0 Å². The summed E-state index contributed by atoms with van der Waals surface area (Å²) < 4.78 is 0. The Hall–Kier alpha value is -0.780. The van der Waals surface area contributed by atoms with Crippen LogP contribution in [0.25, 0.3) is 0 Å². The zero-order chi connectivity index (χ0) is 9.56. The molecule has 0 radical (unpaired) electrons. The molecule has 0 saturated heterocycles. The van der Waals surface area contributed by atoms with Crippen molar-refractivity contribution in [3.8, 4) is 0 Å². The van der Waals surface area contributed by atoms with Crippen molar-refractivity contribution < 1.29 is 0 Å². The molecule has 68 valence electrons. The summed E-state index contributed by atoms with van der Waals surface area (Å²) in [6.45, 7) is 10.5. The van der Waals surface area contributed by atoms with Crippen LogP contribution in [0.15, 0.2) is 34.9 Å². The monoisotopic (exact) mass is 164 g/mol. The number of hydrogen-bond acceptors (Lipinski definition) is 0. The lowest BCUT2D eigenvalue weighted by atomic mass is 10.1. The molecule has 0 aliphatic heterocycles. The van der Waals surface area contributed by atoms with Crippen molar-refractivity contribution >= 4 is 0 Å². The molecule has 0 atom stereocenters. The molecule has 1 aliphatic rings. The van der Waals surface area contributed by atoms with Gasteiger partial charge in [-0.1, -0.05) is 37.6 Å². The Labute approximate surface area is 76.7 Å². The lowest BCUT2D eigenvalue weighted by molar-refractivity contribution is 1.21. The molecule has 0 heteroatoms. The first-order valence-corrected chi connectivity index (χ1v) is 4.71. The van der Waals surface area contributed by atoms with Gasteiger partial charge < -0.3 is 0 Å². The topological polar surface area (TPSA) is 0 Å². The summed E-state index contributed by atoms with van der Waals surface area (Å²) in [4.78, 5) is 0. The normalized spacial score (nSPS) is 16.2. The van der Waals surface area contributed by atoms with Crippen molar-refractivity contribution in [1.29, 1.82) is 0 Å². The number of rotatable bonds is 0. The zero-order valence-corrected chi connectivity index (χ0v) is 8.94. The summed E-state index contributed by atoms with van der Waals surface area (Å²) in [6, 6.07) is 0. The first-order chi connectivity index (χ1) is 5.70. The molecule has 0 bridgehead atoms. The summed E-state index contributed by atoms with van der Waals surface area (Å²) in [5.41, 5.74) is 4.23. The van der Waals surface area contributed by atoms with Crippen LogP contribution in [0.4, 0.5) is 0 Å². The van der Waals surface area contributed by atoms with Gasteiger partial charge in [-0.2, -0.15) is 0 Å². The Morgan fingerprint density at radius 2 is 1.58 bits per heavy atom. The van der Waals surface area contributed by atoms with E-state index in [1.165, 1.54) is 16.7 Å². The van der Waals surface area contributed by atoms with E-state index in [4.69, 9.17) is 0 Å². The highest BCUT2D eigenvalue weighted by molar-refractivity contribution is 5.35. The summed E-state index contributed by atoms with van der Waals surface area (Å²) in [7, 11) is 0. The Balaban J connectivity index is 0.000000561. The molecule has 0 aromatic rings. The van der Waals surface area contributed by atoms with Crippen molar-refractivity contribution in [2.45, 2.75) is 41.0 Å². The molecule has 0 nitrogen and oxygen atoms in total. The van der Waals surface area contributed by atoms with E-state index in [-0.39, 0.29) is 0 Å². The van der Waals surface area contributed by atoms with E-state index in [1.807, 2.05) is 13.8 Å². The van der Waals surface area contributed by atoms with Crippen LogP contribution >= 0.6 is 0 Å². The first-order valence-electron chi connectivity index (χ1n) is 4.71. The molecule has 0 saturated carbocycles. The van der Waals surface area contributed by atoms with Gasteiger partial charge in [-0.15, -0.1) is 0 Å². The van der Waals surface area contributed by atoms with Crippen molar-refractivity contribution in [1.82, 2.24) is 0 Å². The molecule has 0 amide bonds. The maximum absolute atomic E-state index is 2.26. The van der Waals surface area contributed by atoms with E-state index in [9.17, 15) is 0 Å². The first kappa shape index (κ1) is 11.2. The molecular weight excluding hydrogens is 144 g/mol.